The van der Waals surface area contributed by atoms with Gasteiger partial charge in [0, 0.05) is 26.7 Å². The van der Waals surface area contributed by atoms with Gasteiger partial charge in [0.15, 0.2) is 0 Å². The van der Waals surface area contributed by atoms with E-state index in [9.17, 15) is 4.79 Å². The van der Waals surface area contributed by atoms with Crippen LogP contribution in [0.5, 0.6) is 0 Å². The van der Waals surface area contributed by atoms with Crippen LogP contribution >= 0.6 is 34.3 Å². The first kappa shape index (κ1) is 16.3. The molecule has 0 atom stereocenters. The quantitative estimate of drug-likeness (QED) is 0.454. The zero-order valence-electron chi connectivity index (χ0n) is 13.2. The number of carbonyl (C=O) groups excluding carboxylic acids is 1. The molecule has 4 rings (SSSR count). The molecule has 4 aromatic rings. The van der Waals surface area contributed by atoms with Crippen LogP contribution in [-0.2, 0) is 0 Å². The number of benzene rings is 2. The Morgan fingerprint density at radius 3 is 2.56 bits per heavy atom. The molecule has 0 aliphatic heterocycles. The van der Waals surface area contributed by atoms with Crippen molar-refractivity contribution in [3.63, 3.8) is 0 Å². The molecule has 0 fully saturated rings. The molecule has 0 aliphatic rings. The zero-order chi connectivity index (χ0) is 17.4. The van der Waals surface area contributed by atoms with E-state index in [4.69, 9.17) is 11.6 Å². The first-order valence-electron chi connectivity index (χ1n) is 7.63. The van der Waals surface area contributed by atoms with E-state index in [-0.39, 0.29) is 5.91 Å². The van der Waals surface area contributed by atoms with Crippen molar-refractivity contribution in [1.29, 1.82) is 0 Å². The van der Waals surface area contributed by atoms with Gasteiger partial charge in [-0.2, -0.15) is 0 Å². The molecule has 2 aromatic heterocycles. The highest BCUT2D eigenvalue weighted by molar-refractivity contribution is 7.21. The average molecular weight is 385 g/mol. The number of nitrogens with zero attached hydrogens (tertiary/aromatic N) is 1. The van der Waals surface area contributed by atoms with E-state index in [1.165, 1.54) is 11.3 Å². The summed E-state index contributed by atoms with van der Waals surface area (Å²) in [5, 5.41) is 7.39. The van der Waals surface area contributed by atoms with Gasteiger partial charge in [0.05, 0.1) is 15.7 Å². The molecule has 0 saturated carbocycles. The van der Waals surface area contributed by atoms with Gasteiger partial charge < -0.3 is 5.32 Å². The van der Waals surface area contributed by atoms with Crippen LogP contribution in [0.1, 0.15) is 14.7 Å². The van der Waals surface area contributed by atoms with Gasteiger partial charge in [-0.15, -0.1) is 22.7 Å². The third kappa shape index (κ3) is 3.18. The molecule has 6 heteroatoms. The standard InChI is InChI=1S/C19H13ClN2OS2/c1-11-21-15(10-24-11)12-6-8-13(9-7-12)22-19(23)18-17(20)14-4-2-3-5-16(14)25-18/h2-10H,1H3,(H,22,23). The summed E-state index contributed by atoms with van der Waals surface area (Å²) >= 11 is 9.39. The second kappa shape index (κ2) is 6.59. The van der Waals surface area contributed by atoms with Crippen LogP contribution in [-0.4, -0.2) is 10.9 Å². The van der Waals surface area contributed by atoms with Crippen molar-refractivity contribution in [2.45, 2.75) is 6.92 Å². The maximum atomic E-state index is 12.6. The van der Waals surface area contributed by atoms with Crippen molar-refractivity contribution in [3.8, 4) is 11.3 Å². The summed E-state index contributed by atoms with van der Waals surface area (Å²) in [5.41, 5.74) is 2.71. The molecule has 0 radical (unpaired) electrons. The van der Waals surface area contributed by atoms with Crippen LogP contribution in [0.4, 0.5) is 5.69 Å². The molecule has 0 aliphatic carbocycles. The Hall–Kier alpha value is -2.21. The second-order valence-corrected chi connectivity index (χ2v) is 8.02. The fourth-order valence-electron chi connectivity index (χ4n) is 2.57. The van der Waals surface area contributed by atoms with Gasteiger partial charge in [0.2, 0.25) is 0 Å². The molecule has 3 nitrogen and oxygen atoms in total. The normalized spacial score (nSPS) is 11.0. The summed E-state index contributed by atoms with van der Waals surface area (Å²) < 4.78 is 1.01. The van der Waals surface area contributed by atoms with E-state index in [1.54, 1.807) is 11.3 Å². The summed E-state index contributed by atoms with van der Waals surface area (Å²) in [6, 6.07) is 15.4. The SMILES string of the molecule is Cc1nc(-c2ccc(NC(=O)c3sc4ccccc4c3Cl)cc2)cs1. The number of thiazole rings is 1. The summed E-state index contributed by atoms with van der Waals surface area (Å²) in [7, 11) is 0. The Morgan fingerprint density at radius 2 is 1.88 bits per heavy atom. The van der Waals surface area contributed by atoms with Crippen LogP contribution < -0.4 is 5.32 Å². The highest BCUT2D eigenvalue weighted by Crippen LogP contribution is 2.35. The van der Waals surface area contributed by atoms with Crippen molar-refractivity contribution < 1.29 is 4.79 Å². The Balaban J connectivity index is 1.57. The lowest BCUT2D eigenvalue weighted by atomic mass is 10.1. The summed E-state index contributed by atoms with van der Waals surface area (Å²) in [5.74, 6) is -0.191. The number of thiophene rings is 1. The number of anilines is 1. The van der Waals surface area contributed by atoms with Gasteiger partial charge in [-0.05, 0) is 25.1 Å². The van der Waals surface area contributed by atoms with E-state index in [0.29, 0.717) is 9.90 Å². The molecule has 1 amide bonds. The summed E-state index contributed by atoms with van der Waals surface area (Å²) in [4.78, 5) is 17.6. The lowest BCUT2D eigenvalue weighted by Gasteiger charge is -2.05. The van der Waals surface area contributed by atoms with Gasteiger partial charge in [-0.25, -0.2) is 4.98 Å². The van der Waals surface area contributed by atoms with Crippen molar-refractivity contribution in [2.75, 3.05) is 5.32 Å². The molecule has 0 saturated heterocycles. The number of amides is 1. The van der Waals surface area contributed by atoms with Crippen molar-refractivity contribution in [1.82, 2.24) is 4.98 Å². The van der Waals surface area contributed by atoms with E-state index in [2.05, 4.69) is 10.3 Å². The monoisotopic (exact) mass is 384 g/mol. The van der Waals surface area contributed by atoms with Gasteiger partial charge in [0.25, 0.3) is 5.91 Å². The van der Waals surface area contributed by atoms with Crippen molar-refractivity contribution >= 4 is 56.0 Å². The van der Waals surface area contributed by atoms with Crippen LogP contribution in [0.15, 0.2) is 53.9 Å². The average Bonchev–Trinajstić information content (AvgIpc) is 3.20. The number of hydrogen-bond donors (Lipinski definition) is 1. The van der Waals surface area contributed by atoms with Crippen LogP contribution in [0.3, 0.4) is 0 Å². The second-order valence-electron chi connectivity index (χ2n) is 5.52. The van der Waals surface area contributed by atoms with E-state index in [1.807, 2.05) is 60.8 Å². The minimum atomic E-state index is -0.191. The molecule has 0 bridgehead atoms. The Bertz CT molecular complexity index is 1070. The minimum Gasteiger partial charge on any atom is -0.321 e. The highest BCUT2D eigenvalue weighted by atomic mass is 35.5. The number of hydrogen-bond acceptors (Lipinski definition) is 4. The topological polar surface area (TPSA) is 42.0 Å². The number of fused-ring (bicyclic) bond motifs is 1. The van der Waals surface area contributed by atoms with E-state index >= 15 is 0 Å². The first-order valence-corrected chi connectivity index (χ1v) is 9.70. The maximum absolute atomic E-state index is 12.6. The summed E-state index contributed by atoms with van der Waals surface area (Å²) in [6.07, 6.45) is 0. The third-order valence-electron chi connectivity index (χ3n) is 3.80. The first-order chi connectivity index (χ1) is 12.1. The molecule has 25 heavy (non-hydrogen) atoms. The lowest BCUT2D eigenvalue weighted by Crippen LogP contribution is -2.10. The zero-order valence-corrected chi connectivity index (χ0v) is 15.6. The number of aryl methyl sites for hydroxylation is 1. The minimum absolute atomic E-state index is 0.191. The predicted octanol–water partition coefficient (Wildman–Crippen LogP) is 6.24. The number of nitrogens with one attached hydrogen (secondary N) is 1. The van der Waals surface area contributed by atoms with Crippen molar-refractivity contribution in [2.24, 2.45) is 0 Å². The molecule has 2 aromatic carbocycles. The molecule has 1 N–H and O–H groups in total. The van der Waals surface area contributed by atoms with Crippen molar-refractivity contribution in [3.05, 3.63) is 68.8 Å². The molecule has 0 unspecified atom stereocenters. The number of aromatic nitrogens is 1. The lowest BCUT2D eigenvalue weighted by molar-refractivity contribution is 0.103. The number of carbonyl (C=O) groups is 1. The van der Waals surface area contributed by atoms with E-state index < -0.39 is 0 Å². The summed E-state index contributed by atoms with van der Waals surface area (Å²) in [6.45, 7) is 1.98. The fourth-order valence-corrected chi connectivity index (χ4v) is 4.60. The molecule has 0 spiro atoms. The molecular formula is C19H13ClN2OS2. The largest absolute Gasteiger partial charge is 0.321 e. The van der Waals surface area contributed by atoms with E-state index in [0.717, 1.165) is 32.0 Å². The third-order valence-corrected chi connectivity index (χ3v) is 6.25. The molecule has 124 valence electrons. The van der Waals surface area contributed by atoms with Crippen LogP contribution in [0.25, 0.3) is 21.3 Å². The number of halogens is 1. The Kier molecular flexibility index (Phi) is 4.29. The van der Waals surface area contributed by atoms with Crippen LogP contribution in [0, 0.1) is 6.92 Å². The Labute approximate surface area is 157 Å². The number of rotatable bonds is 3. The molecule has 2 heterocycles. The highest BCUT2D eigenvalue weighted by Gasteiger charge is 2.17. The fraction of sp³-hybridized carbons (Fsp3) is 0.0526. The van der Waals surface area contributed by atoms with Crippen LogP contribution in [0.2, 0.25) is 5.02 Å². The van der Waals surface area contributed by atoms with Gasteiger partial charge in [-0.1, -0.05) is 41.9 Å². The smallest absolute Gasteiger partial charge is 0.267 e. The molecular weight excluding hydrogens is 372 g/mol. The predicted molar refractivity (Wildman–Crippen MR) is 107 cm³/mol. The van der Waals surface area contributed by atoms with Gasteiger partial charge in [-0.3, -0.25) is 4.79 Å². The Morgan fingerprint density at radius 1 is 1.12 bits per heavy atom. The van der Waals surface area contributed by atoms with Gasteiger partial charge in [0.1, 0.15) is 4.88 Å². The van der Waals surface area contributed by atoms with Gasteiger partial charge >= 0.3 is 0 Å². The maximum Gasteiger partial charge on any atom is 0.267 e.